The molecule has 0 unspecified atom stereocenters. The predicted molar refractivity (Wildman–Crippen MR) is 141 cm³/mol. The zero-order valence-corrected chi connectivity index (χ0v) is 22.1. The Balaban J connectivity index is 1.20. The number of carbonyl (C=O) groups is 1. The number of nitrogens with zero attached hydrogens (tertiary/aromatic N) is 3. The van der Waals surface area contributed by atoms with Gasteiger partial charge in [0.15, 0.2) is 0 Å². The second kappa shape index (κ2) is 10.1. The number of hydrogen-bond acceptors (Lipinski definition) is 6. The lowest BCUT2D eigenvalue weighted by Gasteiger charge is -2.62. The third kappa shape index (κ3) is 4.73. The average molecular weight is 514 g/mol. The Bertz CT molecular complexity index is 1180. The first-order valence-corrected chi connectivity index (χ1v) is 13.3. The van der Waals surface area contributed by atoms with Gasteiger partial charge in [-0.05, 0) is 47.6 Å². The van der Waals surface area contributed by atoms with Gasteiger partial charge in [-0.1, -0.05) is 50.6 Å². The van der Waals surface area contributed by atoms with Crippen molar-refractivity contribution in [3.8, 4) is 0 Å². The van der Waals surface area contributed by atoms with Crippen LogP contribution in [-0.4, -0.2) is 48.0 Å². The number of para-hydroxylation sites is 1. The topological polar surface area (TPSA) is 88.5 Å². The molecule has 8 nitrogen and oxygen atoms in total. The van der Waals surface area contributed by atoms with Crippen LogP contribution >= 0.6 is 11.6 Å². The molecule has 1 aliphatic heterocycles. The maximum Gasteiger partial charge on any atom is 0.288 e. The molecule has 6 rings (SSSR count). The number of anilines is 2. The number of aromatic nitrogens is 2. The zero-order valence-electron chi connectivity index (χ0n) is 21.3. The van der Waals surface area contributed by atoms with E-state index in [4.69, 9.17) is 16.3 Å². The number of fused-ring (bicyclic) bond motifs is 2. The van der Waals surface area contributed by atoms with Crippen LogP contribution in [0.3, 0.4) is 0 Å². The number of hydrogen-bond donors (Lipinski definition) is 2. The number of halogens is 1. The van der Waals surface area contributed by atoms with Gasteiger partial charge >= 0.3 is 0 Å². The number of rotatable bonds is 7. The van der Waals surface area contributed by atoms with Crippen LogP contribution in [0, 0.1) is 23.2 Å². The van der Waals surface area contributed by atoms with Gasteiger partial charge in [0.2, 0.25) is 5.91 Å². The summed E-state index contributed by atoms with van der Waals surface area (Å²) in [7, 11) is 0. The van der Waals surface area contributed by atoms with Crippen LogP contribution in [0.4, 0.5) is 11.4 Å². The third-order valence-electron chi connectivity index (χ3n) is 8.79. The molecule has 1 saturated heterocycles. The molecule has 4 fully saturated rings. The molecule has 2 bridgehead atoms. The fourth-order valence-corrected chi connectivity index (χ4v) is 6.58. The number of morpholine rings is 1. The number of amides is 1. The van der Waals surface area contributed by atoms with E-state index in [1.165, 1.54) is 6.42 Å². The highest BCUT2D eigenvalue weighted by Crippen LogP contribution is 2.61. The van der Waals surface area contributed by atoms with E-state index in [0.29, 0.717) is 48.6 Å². The summed E-state index contributed by atoms with van der Waals surface area (Å²) < 4.78 is 6.58. The highest BCUT2D eigenvalue weighted by atomic mass is 35.5. The van der Waals surface area contributed by atoms with E-state index in [1.807, 2.05) is 18.2 Å². The molecule has 194 valence electrons. The number of nitrogens with one attached hydrogen (secondary N) is 2. The van der Waals surface area contributed by atoms with Crippen LogP contribution < -0.4 is 21.1 Å². The summed E-state index contributed by atoms with van der Waals surface area (Å²) in [6, 6.07) is 8.29. The van der Waals surface area contributed by atoms with Crippen LogP contribution in [0.1, 0.15) is 39.2 Å². The molecule has 36 heavy (non-hydrogen) atoms. The van der Waals surface area contributed by atoms with E-state index < -0.39 is 5.56 Å². The lowest BCUT2D eigenvalue weighted by atomic mass is 9.45. The van der Waals surface area contributed by atoms with E-state index >= 15 is 0 Å². The van der Waals surface area contributed by atoms with Gasteiger partial charge in [0.05, 0.1) is 25.1 Å². The second-order valence-corrected chi connectivity index (χ2v) is 11.4. The van der Waals surface area contributed by atoms with E-state index in [-0.39, 0.29) is 23.5 Å². The summed E-state index contributed by atoms with van der Waals surface area (Å²) in [4.78, 5) is 27.8. The highest BCUT2D eigenvalue weighted by Gasteiger charge is 2.56. The van der Waals surface area contributed by atoms with Crippen LogP contribution in [-0.2, 0) is 22.6 Å². The smallest absolute Gasteiger partial charge is 0.288 e. The molecule has 3 aliphatic carbocycles. The molecular weight excluding hydrogens is 478 g/mol. The van der Waals surface area contributed by atoms with Crippen LogP contribution in [0.15, 0.2) is 35.3 Å². The maximum atomic E-state index is 12.9. The minimum Gasteiger partial charge on any atom is -0.379 e. The monoisotopic (exact) mass is 513 g/mol. The predicted octanol–water partition coefficient (Wildman–Crippen LogP) is 3.53. The molecule has 4 aliphatic rings. The van der Waals surface area contributed by atoms with Crippen molar-refractivity contribution in [3.63, 3.8) is 0 Å². The molecule has 9 heteroatoms. The number of ether oxygens (including phenoxy) is 1. The van der Waals surface area contributed by atoms with Crippen molar-refractivity contribution >= 4 is 28.9 Å². The lowest BCUT2D eigenvalue weighted by molar-refractivity contribution is -0.122. The van der Waals surface area contributed by atoms with Crippen molar-refractivity contribution < 1.29 is 9.53 Å². The Morgan fingerprint density at radius 2 is 1.97 bits per heavy atom. The molecular formula is C27H36ClN5O3. The van der Waals surface area contributed by atoms with Crippen LogP contribution in [0.2, 0.25) is 5.02 Å². The van der Waals surface area contributed by atoms with Crippen LogP contribution in [0.5, 0.6) is 0 Å². The Kier molecular flexibility index (Phi) is 7.01. The molecule has 3 saturated carbocycles. The van der Waals surface area contributed by atoms with Crippen molar-refractivity contribution in [3.05, 3.63) is 51.4 Å². The fourth-order valence-electron chi connectivity index (χ4n) is 6.38. The Hall–Kier alpha value is -2.58. The summed E-state index contributed by atoms with van der Waals surface area (Å²) in [5.74, 6) is 1.58. The van der Waals surface area contributed by atoms with Crippen molar-refractivity contribution in [2.24, 2.45) is 23.2 Å². The largest absolute Gasteiger partial charge is 0.379 e. The number of carbonyl (C=O) groups excluding carboxylic acids is 1. The van der Waals surface area contributed by atoms with Crippen molar-refractivity contribution in [1.82, 2.24) is 15.1 Å². The van der Waals surface area contributed by atoms with Gasteiger partial charge in [0, 0.05) is 31.4 Å². The molecule has 2 N–H and O–H groups in total. The molecule has 2 heterocycles. The summed E-state index contributed by atoms with van der Waals surface area (Å²) >= 11 is 6.45. The first-order chi connectivity index (χ1) is 17.3. The van der Waals surface area contributed by atoms with Gasteiger partial charge in [0.1, 0.15) is 11.6 Å². The summed E-state index contributed by atoms with van der Waals surface area (Å²) in [5.41, 5.74) is 2.59. The normalized spacial score (nSPS) is 26.7. The molecule has 1 amide bonds. The van der Waals surface area contributed by atoms with Crippen molar-refractivity contribution in [1.29, 1.82) is 0 Å². The molecule has 1 aromatic carbocycles. The van der Waals surface area contributed by atoms with Gasteiger partial charge in [-0.15, -0.1) is 0 Å². The zero-order chi connectivity index (χ0) is 25.4. The molecule has 1 aromatic heterocycles. The van der Waals surface area contributed by atoms with Gasteiger partial charge in [-0.2, -0.15) is 5.10 Å². The lowest BCUT2D eigenvalue weighted by Crippen LogP contribution is -2.58. The van der Waals surface area contributed by atoms with E-state index in [2.05, 4.69) is 47.5 Å². The first-order valence-electron chi connectivity index (χ1n) is 12.9. The summed E-state index contributed by atoms with van der Waals surface area (Å²) in [6.45, 7) is 10.2. The first kappa shape index (κ1) is 25.1. The van der Waals surface area contributed by atoms with Gasteiger partial charge in [-0.3, -0.25) is 9.59 Å². The molecule has 2 aromatic rings. The number of benzene rings is 1. The van der Waals surface area contributed by atoms with Gasteiger partial charge < -0.3 is 20.3 Å². The Morgan fingerprint density at radius 1 is 1.22 bits per heavy atom. The van der Waals surface area contributed by atoms with Gasteiger partial charge in [0.25, 0.3) is 5.56 Å². The maximum absolute atomic E-state index is 12.9. The third-order valence-corrected chi connectivity index (χ3v) is 9.16. The minimum absolute atomic E-state index is 0.0844. The van der Waals surface area contributed by atoms with Gasteiger partial charge in [-0.25, -0.2) is 4.68 Å². The van der Waals surface area contributed by atoms with Crippen molar-refractivity contribution in [2.75, 3.05) is 36.5 Å². The minimum atomic E-state index is -0.459. The van der Waals surface area contributed by atoms with E-state index in [9.17, 15) is 9.59 Å². The average Bonchev–Trinajstić information content (AvgIpc) is 2.88. The summed E-state index contributed by atoms with van der Waals surface area (Å²) in [5, 5.41) is 10.7. The van der Waals surface area contributed by atoms with Crippen molar-refractivity contribution in [2.45, 2.75) is 52.7 Å². The Morgan fingerprint density at radius 3 is 2.69 bits per heavy atom. The Labute approximate surface area is 217 Å². The molecule has 0 radical (unpaired) electrons. The van der Waals surface area contributed by atoms with Crippen LogP contribution in [0.25, 0.3) is 0 Å². The van der Waals surface area contributed by atoms with E-state index in [0.717, 1.165) is 35.4 Å². The summed E-state index contributed by atoms with van der Waals surface area (Å²) in [6.07, 6.45) is 3.92. The standard InChI is InChI=1S/C27H36ClN5O3/c1-17-20-12-19(27(20,2)3)13-21(17)31-22-15-30-33(26(35)25(22)28)16-24(34)29-14-18-6-4-5-7-23(18)32-8-10-36-11-9-32/h4-7,15,17,19-21,31H,8-14,16H2,1-3H3,(H,29,34)/t17-,19+,20-,21-/m1/s1. The van der Waals surface area contributed by atoms with E-state index in [1.54, 1.807) is 6.20 Å². The second-order valence-electron chi connectivity index (χ2n) is 11.0. The highest BCUT2D eigenvalue weighted by molar-refractivity contribution is 6.32. The SMILES string of the molecule is C[C@@H]1[C@H]2C[C@@H](C[C@H]1Nc1cnn(CC(=O)NCc3ccccc3N3CCOCC3)c(=O)c1Cl)C2(C)C. The quantitative estimate of drug-likeness (QED) is 0.589. The fraction of sp³-hybridized carbons (Fsp3) is 0.593. The molecule has 4 atom stereocenters. The molecule has 0 spiro atoms.